The van der Waals surface area contributed by atoms with Gasteiger partial charge in [0.1, 0.15) is 5.82 Å². The van der Waals surface area contributed by atoms with Crippen LogP contribution in [0.1, 0.15) is 29.0 Å². The van der Waals surface area contributed by atoms with Crippen LogP contribution in [0.2, 0.25) is 5.02 Å². The zero-order valence-corrected chi connectivity index (χ0v) is 21.9. The molecular formula is C29H25ClFN3O3S. The number of rotatable bonds is 9. The molecule has 2 atom stereocenters. The minimum Gasteiger partial charge on any atom is -0.326 e. The summed E-state index contributed by atoms with van der Waals surface area (Å²) in [5, 5.41) is 3.44. The Balaban J connectivity index is 1.31. The molecule has 194 valence electrons. The van der Waals surface area contributed by atoms with Crippen LogP contribution < -0.4 is 5.32 Å². The van der Waals surface area contributed by atoms with Crippen molar-refractivity contribution in [3.8, 4) is 0 Å². The zero-order valence-electron chi connectivity index (χ0n) is 20.3. The maximum atomic E-state index is 13.7. The van der Waals surface area contributed by atoms with E-state index < -0.39 is 15.8 Å². The summed E-state index contributed by atoms with van der Waals surface area (Å²) in [7, 11) is -3.92. The summed E-state index contributed by atoms with van der Waals surface area (Å²) in [4.78, 5) is 16.8. The number of benzene rings is 3. The number of sulfonamides is 1. The third-order valence-electron chi connectivity index (χ3n) is 6.57. The molecule has 0 radical (unpaired) electrons. The maximum absolute atomic E-state index is 13.7. The van der Waals surface area contributed by atoms with E-state index in [0.717, 1.165) is 17.5 Å². The molecule has 1 aromatic heterocycles. The smallest absolute Gasteiger partial charge is 0.243 e. The van der Waals surface area contributed by atoms with Crippen LogP contribution >= 0.6 is 11.6 Å². The summed E-state index contributed by atoms with van der Waals surface area (Å²) >= 11 is 5.99. The number of hydrogen-bond donors (Lipinski definition) is 1. The minimum absolute atomic E-state index is 0.0573. The predicted octanol–water partition coefficient (Wildman–Crippen LogP) is 6.01. The summed E-state index contributed by atoms with van der Waals surface area (Å²) in [6.07, 6.45) is 4.20. The Hall–Kier alpha value is -3.59. The molecule has 1 N–H and O–H groups in total. The van der Waals surface area contributed by atoms with E-state index >= 15 is 0 Å². The first kappa shape index (κ1) is 26.0. The number of aromatic nitrogens is 1. The largest absolute Gasteiger partial charge is 0.326 e. The SMILES string of the molecule is O=C(Nc1ccc(S(=O)(=O)N(Cc2ccc(F)cc2)Cc2ccc(Cl)cc2)cc1)C1CC1c1ccncc1. The summed E-state index contributed by atoms with van der Waals surface area (Å²) in [6.45, 7) is 0.162. The van der Waals surface area contributed by atoms with Crippen LogP contribution in [0.25, 0.3) is 0 Å². The summed E-state index contributed by atoms with van der Waals surface area (Å²) in [5.74, 6) is -0.434. The van der Waals surface area contributed by atoms with Crippen molar-refractivity contribution in [1.29, 1.82) is 0 Å². The minimum atomic E-state index is -3.92. The molecule has 3 aromatic carbocycles. The summed E-state index contributed by atoms with van der Waals surface area (Å²) in [5.41, 5.74) is 3.03. The second-order valence-electron chi connectivity index (χ2n) is 9.27. The Labute approximate surface area is 226 Å². The first-order valence-corrected chi connectivity index (χ1v) is 13.9. The van der Waals surface area contributed by atoms with E-state index in [-0.39, 0.29) is 35.7 Å². The number of nitrogens with zero attached hydrogens (tertiary/aromatic N) is 2. The van der Waals surface area contributed by atoms with Crippen LogP contribution in [0.5, 0.6) is 0 Å². The van der Waals surface area contributed by atoms with Gasteiger partial charge in [0.05, 0.1) is 4.90 Å². The Morgan fingerprint density at radius 2 is 1.47 bits per heavy atom. The van der Waals surface area contributed by atoms with Gasteiger partial charge in [-0.2, -0.15) is 4.31 Å². The van der Waals surface area contributed by atoms with E-state index in [2.05, 4.69) is 10.3 Å². The lowest BCUT2D eigenvalue weighted by Gasteiger charge is -2.23. The lowest BCUT2D eigenvalue weighted by atomic mass is 10.1. The van der Waals surface area contributed by atoms with Crippen LogP contribution in [0.3, 0.4) is 0 Å². The third kappa shape index (κ3) is 6.10. The van der Waals surface area contributed by atoms with Crippen molar-refractivity contribution in [2.24, 2.45) is 5.92 Å². The molecule has 1 fully saturated rings. The molecule has 1 saturated carbocycles. The Kier molecular flexibility index (Phi) is 7.56. The quantitative estimate of drug-likeness (QED) is 0.277. The second kappa shape index (κ2) is 11.0. The molecule has 4 aromatic rings. The van der Waals surface area contributed by atoms with Crippen molar-refractivity contribution >= 4 is 33.2 Å². The Bertz CT molecular complexity index is 1470. The van der Waals surface area contributed by atoms with Gasteiger partial charge in [-0.05, 0) is 89.7 Å². The first-order valence-electron chi connectivity index (χ1n) is 12.1. The number of nitrogens with one attached hydrogen (secondary N) is 1. The average Bonchev–Trinajstić information content (AvgIpc) is 3.73. The van der Waals surface area contributed by atoms with E-state index in [0.29, 0.717) is 16.3 Å². The molecule has 9 heteroatoms. The van der Waals surface area contributed by atoms with Crippen LogP contribution in [0.15, 0.2) is 102 Å². The number of amides is 1. The highest BCUT2D eigenvalue weighted by Crippen LogP contribution is 2.47. The summed E-state index contributed by atoms with van der Waals surface area (Å²) < 4.78 is 42.1. The van der Waals surface area contributed by atoms with Gasteiger partial charge in [-0.25, -0.2) is 12.8 Å². The number of carbonyl (C=O) groups excluding carboxylic acids is 1. The van der Waals surface area contributed by atoms with Gasteiger partial charge < -0.3 is 5.32 Å². The van der Waals surface area contributed by atoms with Gasteiger partial charge in [0.2, 0.25) is 15.9 Å². The number of pyridine rings is 1. The Morgan fingerprint density at radius 1 is 0.895 bits per heavy atom. The molecule has 1 amide bonds. The molecular weight excluding hydrogens is 525 g/mol. The fraction of sp³-hybridized carbons (Fsp3) is 0.172. The van der Waals surface area contributed by atoms with Crippen molar-refractivity contribution < 1.29 is 17.6 Å². The van der Waals surface area contributed by atoms with E-state index in [1.165, 1.54) is 28.6 Å². The van der Waals surface area contributed by atoms with Crippen molar-refractivity contribution in [2.75, 3.05) is 5.32 Å². The van der Waals surface area contributed by atoms with Crippen molar-refractivity contribution in [1.82, 2.24) is 9.29 Å². The monoisotopic (exact) mass is 549 g/mol. The van der Waals surface area contributed by atoms with Gasteiger partial charge in [-0.1, -0.05) is 35.9 Å². The van der Waals surface area contributed by atoms with Crippen molar-refractivity contribution in [3.05, 3.63) is 125 Å². The highest BCUT2D eigenvalue weighted by atomic mass is 35.5. The third-order valence-corrected chi connectivity index (χ3v) is 8.62. The van der Waals surface area contributed by atoms with Gasteiger partial charge in [-0.3, -0.25) is 9.78 Å². The van der Waals surface area contributed by atoms with Gasteiger partial charge in [0.25, 0.3) is 0 Å². The fourth-order valence-corrected chi connectivity index (χ4v) is 5.91. The highest BCUT2D eigenvalue weighted by Gasteiger charge is 2.43. The topological polar surface area (TPSA) is 79.4 Å². The fourth-order valence-electron chi connectivity index (χ4n) is 4.37. The van der Waals surface area contributed by atoms with Crippen LogP contribution in [0, 0.1) is 11.7 Å². The van der Waals surface area contributed by atoms with Crippen molar-refractivity contribution in [3.63, 3.8) is 0 Å². The number of anilines is 1. The molecule has 5 rings (SSSR count). The predicted molar refractivity (Wildman–Crippen MR) is 144 cm³/mol. The number of hydrogen-bond acceptors (Lipinski definition) is 4. The lowest BCUT2D eigenvalue weighted by Crippen LogP contribution is -2.30. The van der Waals surface area contributed by atoms with Gasteiger partial charge in [-0.15, -0.1) is 0 Å². The molecule has 38 heavy (non-hydrogen) atoms. The maximum Gasteiger partial charge on any atom is 0.243 e. The number of halogens is 2. The van der Waals surface area contributed by atoms with Gasteiger partial charge in [0.15, 0.2) is 0 Å². The van der Waals surface area contributed by atoms with Crippen molar-refractivity contribution in [2.45, 2.75) is 30.3 Å². The van der Waals surface area contributed by atoms with E-state index in [4.69, 9.17) is 11.6 Å². The molecule has 0 aliphatic heterocycles. The van der Waals surface area contributed by atoms with Crippen LogP contribution in [-0.2, 0) is 27.9 Å². The Morgan fingerprint density at radius 3 is 2.08 bits per heavy atom. The second-order valence-corrected chi connectivity index (χ2v) is 11.6. The highest BCUT2D eigenvalue weighted by molar-refractivity contribution is 7.89. The normalized spacial score (nSPS) is 16.8. The van der Waals surface area contributed by atoms with Crippen LogP contribution in [0.4, 0.5) is 10.1 Å². The molecule has 2 unspecified atom stereocenters. The molecule has 1 aliphatic carbocycles. The average molecular weight is 550 g/mol. The lowest BCUT2D eigenvalue weighted by molar-refractivity contribution is -0.117. The standard InChI is InChI=1S/C29H25ClFN3O3S/c30-23-5-1-20(2-6-23)18-34(19-21-3-7-24(31)8-4-21)38(36,37)26-11-9-25(10-12-26)33-29(35)28-17-27(28)22-13-15-32-16-14-22/h1-16,27-28H,17-19H2,(H,33,35). The zero-order chi connectivity index (χ0) is 26.7. The molecule has 1 aliphatic rings. The molecule has 1 heterocycles. The molecule has 0 spiro atoms. The molecule has 0 saturated heterocycles. The van der Waals surface area contributed by atoms with E-state index in [1.807, 2.05) is 12.1 Å². The number of carbonyl (C=O) groups is 1. The first-order chi connectivity index (χ1) is 18.3. The summed E-state index contributed by atoms with van der Waals surface area (Å²) in [6, 6.07) is 22.7. The molecule has 6 nitrogen and oxygen atoms in total. The van der Waals surface area contributed by atoms with Gasteiger partial charge >= 0.3 is 0 Å². The molecule has 0 bridgehead atoms. The van der Waals surface area contributed by atoms with Crippen LogP contribution in [-0.4, -0.2) is 23.6 Å². The van der Waals surface area contributed by atoms with E-state index in [1.54, 1.807) is 60.9 Å². The van der Waals surface area contributed by atoms with E-state index in [9.17, 15) is 17.6 Å². The van der Waals surface area contributed by atoms with Gasteiger partial charge in [0, 0.05) is 42.1 Å².